The van der Waals surface area contributed by atoms with E-state index in [0.29, 0.717) is 11.8 Å². The van der Waals surface area contributed by atoms with Gasteiger partial charge in [-0.2, -0.15) is 0 Å². The van der Waals surface area contributed by atoms with Crippen LogP contribution in [0, 0.1) is 16.7 Å². The molecule has 2 unspecified atom stereocenters. The van der Waals surface area contributed by atoms with Crippen molar-refractivity contribution in [1.29, 1.82) is 5.41 Å². The van der Waals surface area contributed by atoms with Crippen molar-refractivity contribution in [2.75, 3.05) is 13.1 Å². The number of hydrogen-bond acceptors (Lipinski definition) is 2. The smallest absolute Gasteiger partial charge is 0.0924 e. The molecule has 1 saturated heterocycles. The first kappa shape index (κ1) is 15.0. The third-order valence-corrected chi connectivity index (χ3v) is 4.48. The fraction of sp³-hybridized carbons (Fsp3) is 0.588. The fourth-order valence-corrected chi connectivity index (χ4v) is 3.12. The van der Waals surface area contributed by atoms with Crippen LogP contribution in [0.25, 0.3) is 0 Å². The number of rotatable bonds is 4. The minimum absolute atomic E-state index is 0.251. The van der Waals surface area contributed by atoms with Crippen LogP contribution in [0.5, 0.6) is 0 Å². The minimum atomic E-state index is 0.251. The van der Waals surface area contributed by atoms with E-state index in [1.165, 1.54) is 12.0 Å². The SMILES string of the molecule is CC(C)(C)C1CCN(C(CC(=N)N)c2ccccc2)C1. The first-order chi connectivity index (χ1) is 9.38. The Morgan fingerprint density at radius 3 is 2.50 bits per heavy atom. The zero-order valence-electron chi connectivity index (χ0n) is 12.9. The molecule has 3 nitrogen and oxygen atoms in total. The van der Waals surface area contributed by atoms with Crippen LogP contribution in [0.15, 0.2) is 30.3 Å². The molecular weight excluding hydrogens is 246 g/mol. The van der Waals surface area contributed by atoms with Crippen LogP contribution >= 0.6 is 0 Å². The number of likely N-dealkylation sites (tertiary alicyclic amines) is 1. The summed E-state index contributed by atoms with van der Waals surface area (Å²) in [5.41, 5.74) is 7.30. The summed E-state index contributed by atoms with van der Waals surface area (Å²) in [6.07, 6.45) is 1.87. The lowest BCUT2D eigenvalue weighted by Crippen LogP contribution is -2.32. The number of benzene rings is 1. The van der Waals surface area contributed by atoms with E-state index in [4.69, 9.17) is 11.1 Å². The second kappa shape index (κ2) is 5.96. The Labute approximate surface area is 122 Å². The molecule has 1 aromatic carbocycles. The van der Waals surface area contributed by atoms with E-state index in [9.17, 15) is 0 Å². The van der Waals surface area contributed by atoms with Gasteiger partial charge in [-0.25, -0.2) is 0 Å². The summed E-state index contributed by atoms with van der Waals surface area (Å²) in [5.74, 6) is 0.999. The molecule has 0 aromatic heterocycles. The summed E-state index contributed by atoms with van der Waals surface area (Å²) < 4.78 is 0. The molecule has 1 fully saturated rings. The van der Waals surface area contributed by atoms with Crippen molar-refractivity contribution in [2.45, 2.75) is 39.7 Å². The van der Waals surface area contributed by atoms with Crippen molar-refractivity contribution in [1.82, 2.24) is 4.90 Å². The molecule has 110 valence electrons. The molecule has 0 spiro atoms. The summed E-state index contributed by atoms with van der Waals surface area (Å²) in [5, 5.41) is 7.66. The van der Waals surface area contributed by atoms with E-state index in [1.807, 2.05) is 6.07 Å². The molecular formula is C17H27N3. The molecule has 2 rings (SSSR count). The summed E-state index contributed by atoms with van der Waals surface area (Å²) in [6.45, 7) is 9.18. The number of nitrogens with one attached hydrogen (secondary N) is 1. The quantitative estimate of drug-likeness (QED) is 0.652. The monoisotopic (exact) mass is 273 g/mol. The van der Waals surface area contributed by atoms with Gasteiger partial charge in [-0.1, -0.05) is 51.1 Å². The fourth-order valence-electron chi connectivity index (χ4n) is 3.12. The summed E-state index contributed by atoms with van der Waals surface area (Å²) in [4.78, 5) is 2.51. The molecule has 1 aromatic rings. The Morgan fingerprint density at radius 1 is 1.35 bits per heavy atom. The van der Waals surface area contributed by atoms with E-state index in [1.54, 1.807) is 0 Å². The highest BCUT2D eigenvalue weighted by molar-refractivity contribution is 5.77. The number of hydrogen-bond donors (Lipinski definition) is 2. The maximum Gasteiger partial charge on any atom is 0.0924 e. The second-order valence-corrected chi connectivity index (χ2v) is 7.00. The minimum Gasteiger partial charge on any atom is -0.388 e. The van der Waals surface area contributed by atoms with Gasteiger partial charge in [-0.05, 0) is 29.9 Å². The Balaban J connectivity index is 2.15. The second-order valence-electron chi connectivity index (χ2n) is 7.00. The van der Waals surface area contributed by atoms with Gasteiger partial charge in [0.25, 0.3) is 0 Å². The Hall–Kier alpha value is -1.35. The van der Waals surface area contributed by atoms with E-state index in [0.717, 1.165) is 19.0 Å². The van der Waals surface area contributed by atoms with Gasteiger partial charge < -0.3 is 5.73 Å². The van der Waals surface area contributed by atoms with Gasteiger partial charge in [0.05, 0.1) is 5.84 Å². The molecule has 0 aliphatic carbocycles. The Bertz CT molecular complexity index is 447. The number of nitrogens with two attached hydrogens (primary N) is 1. The summed E-state index contributed by atoms with van der Waals surface area (Å²) in [6, 6.07) is 10.7. The molecule has 0 amide bonds. The molecule has 20 heavy (non-hydrogen) atoms. The van der Waals surface area contributed by atoms with Gasteiger partial charge >= 0.3 is 0 Å². The molecule has 1 heterocycles. The largest absolute Gasteiger partial charge is 0.388 e. The van der Waals surface area contributed by atoms with Crippen LogP contribution in [0.3, 0.4) is 0 Å². The predicted molar refractivity (Wildman–Crippen MR) is 84.8 cm³/mol. The predicted octanol–water partition coefficient (Wildman–Crippen LogP) is 3.42. The van der Waals surface area contributed by atoms with Gasteiger partial charge in [-0.3, -0.25) is 10.3 Å². The highest BCUT2D eigenvalue weighted by Crippen LogP contribution is 2.37. The van der Waals surface area contributed by atoms with Crippen molar-refractivity contribution in [3.8, 4) is 0 Å². The highest BCUT2D eigenvalue weighted by atomic mass is 15.2. The van der Waals surface area contributed by atoms with Gasteiger partial charge in [0, 0.05) is 19.0 Å². The van der Waals surface area contributed by atoms with Crippen LogP contribution in [-0.4, -0.2) is 23.8 Å². The van der Waals surface area contributed by atoms with E-state index in [-0.39, 0.29) is 11.9 Å². The normalized spacial score (nSPS) is 21.9. The Morgan fingerprint density at radius 2 is 2.00 bits per heavy atom. The molecule has 1 aliphatic heterocycles. The third-order valence-electron chi connectivity index (χ3n) is 4.48. The zero-order chi connectivity index (χ0) is 14.8. The van der Waals surface area contributed by atoms with Crippen molar-refractivity contribution in [3.05, 3.63) is 35.9 Å². The van der Waals surface area contributed by atoms with Gasteiger partial charge in [-0.15, -0.1) is 0 Å². The lowest BCUT2D eigenvalue weighted by Gasteiger charge is -2.31. The van der Waals surface area contributed by atoms with Crippen LogP contribution < -0.4 is 5.73 Å². The van der Waals surface area contributed by atoms with Gasteiger partial charge in [0.1, 0.15) is 0 Å². The van der Waals surface area contributed by atoms with Crippen LogP contribution in [0.2, 0.25) is 0 Å². The number of amidine groups is 1. The molecule has 3 N–H and O–H groups in total. The molecule has 0 saturated carbocycles. The lowest BCUT2D eigenvalue weighted by atomic mass is 9.80. The van der Waals surface area contributed by atoms with Crippen LogP contribution in [0.4, 0.5) is 0 Å². The van der Waals surface area contributed by atoms with Gasteiger partial charge in [0.15, 0.2) is 0 Å². The molecule has 0 radical (unpaired) electrons. The topological polar surface area (TPSA) is 53.1 Å². The Kier molecular flexibility index (Phi) is 4.48. The first-order valence-electron chi connectivity index (χ1n) is 7.50. The lowest BCUT2D eigenvalue weighted by molar-refractivity contribution is 0.197. The maximum atomic E-state index is 7.66. The average Bonchev–Trinajstić information content (AvgIpc) is 2.86. The van der Waals surface area contributed by atoms with Crippen molar-refractivity contribution in [2.24, 2.45) is 17.1 Å². The van der Waals surface area contributed by atoms with Crippen molar-refractivity contribution in [3.63, 3.8) is 0 Å². The van der Waals surface area contributed by atoms with E-state index < -0.39 is 0 Å². The van der Waals surface area contributed by atoms with Crippen molar-refractivity contribution < 1.29 is 0 Å². The first-order valence-corrected chi connectivity index (χ1v) is 7.50. The third kappa shape index (κ3) is 3.60. The molecule has 1 aliphatic rings. The summed E-state index contributed by atoms with van der Waals surface area (Å²) in [7, 11) is 0. The van der Waals surface area contributed by atoms with Gasteiger partial charge in [0.2, 0.25) is 0 Å². The van der Waals surface area contributed by atoms with Crippen molar-refractivity contribution >= 4 is 5.84 Å². The van der Waals surface area contributed by atoms with E-state index >= 15 is 0 Å². The van der Waals surface area contributed by atoms with E-state index in [2.05, 4.69) is 49.9 Å². The number of nitrogens with zero attached hydrogens (tertiary/aromatic N) is 1. The summed E-state index contributed by atoms with van der Waals surface area (Å²) >= 11 is 0. The molecule has 0 bridgehead atoms. The standard InChI is InChI=1S/C17H27N3/c1-17(2,3)14-9-10-20(12-14)15(11-16(18)19)13-7-5-4-6-8-13/h4-8,14-15H,9-12H2,1-3H3,(H3,18,19). The zero-order valence-corrected chi connectivity index (χ0v) is 12.9. The van der Waals surface area contributed by atoms with Crippen LogP contribution in [-0.2, 0) is 0 Å². The highest BCUT2D eigenvalue weighted by Gasteiger charge is 2.35. The molecule has 3 heteroatoms. The maximum absolute atomic E-state index is 7.66. The van der Waals surface area contributed by atoms with Crippen LogP contribution in [0.1, 0.15) is 45.2 Å². The average molecular weight is 273 g/mol. The molecule has 2 atom stereocenters.